The van der Waals surface area contributed by atoms with Crippen molar-refractivity contribution in [3.05, 3.63) is 41.5 Å². The molecule has 0 aliphatic rings. The van der Waals surface area contributed by atoms with Crippen LogP contribution in [0.4, 0.5) is 0 Å². The zero-order chi connectivity index (χ0) is 9.52. The summed E-state index contributed by atoms with van der Waals surface area (Å²) in [6.07, 6.45) is 4.61. The summed E-state index contributed by atoms with van der Waals surface area (Å²) in [6.45, 7) is 0.205. The summed E-state index contributed by atoms with van der Waals surface area (Å²) in [6, 6.07) is 8.08. The van der Waals surface area contributed by atoms with Crippen molar-refractivity contribution in [2.45, 2.75) is 6.42 Å². The van der Waals surface area contributed by atoms with Gasteiger partial charge in [-0.3, -0.25) is 0 Å². The molecule has 70 valence electrons. The van der Waals surface area contributed by atoms with Crippen LogP contribution in [0, 0.1) is 0 Å². The zero-order valence-corrected chi connectivity index (χ0v) is 8.17. The van der Waals surface area contributed by atoms with Crippen molar-refractivity contribution in [2.24, 2.45) is 0 Å². The molecule has 0 saturated carbocycles. The average molecular weight is 197 g/mol. The zero-order valence-electron chi connectivity index (χ0n) is 7.41. The molecule has 0 aliphatic heterocycles. The van der Waals surface area contributed by atoms with Crippen LogP contribution < -0.4 is 0 Å². The van der Waals surface area contributed by atoms with Gasteiger partial charge in [0.2, 0.25) is 0 Å². The van der Waals surface area contributed by atoms with E-state index in [1.807, 2.05) is 36.4 Å². The van der Waals surface area contributed by atoms with Crippen molar-refractivity contribution < 1.29 is 5.11 Å². The third-order valence-corrected chi connectivity index (χ3v) is 1.96. The van der Waals surface area contributed by atoms with E-state index >= 15 is 0 Å². The van der Waals surface area contributed by atoms with Gasteiger partial charge in [0.1, 0.15) is 0 Å². The van der Waals surface area contributed by atoms with E-state index in [4.69, 9.17) is 16.7 Å². The van der Waals surface area contributed by atoms with Crippen LogP contribution in [-0.2, 0) is 6.42 Å². The maximum absolute atomic E-state index is 8.70. The van der Waals surface area contributed by atoms with Gasteiger partial charge in [-0.05, 0) is 17.5 Å². The third-order valence-electron chi connectivity index (χ3n) is 1.78. The molecule has 1 aromatic rings. The van der Waals surface area contributed by atoms with E-state index in [1.165, 1.54) is 0 Å². The molecular formula is C11H13ClO. The maximum Gasteiger partial charge on any atom is 0.0471 e. The number of alkyl halides is 1. The normalized spacial score (nSPS) is 10.9. The SMILES string of the molecule is OCCc1ccc(C=CCCl)cc1. The van der Waals surface area contributed by atoms with Crippen LogP contribution in [0.5, 0.6) is 0 Å². The summed E-state index contributed by atoms with van der Waals surface area (Å²) in [4.78, 5) is 0. The summed E-state index contributed by atoms with van der Waals surface area (Å²) < 4.78 is 0. The number of hydrogen-bond acceptors (Lipinski definition) is 1. The van der Waals surface area contributed by atoms with Crippen LogP contribution in [0.15, 0.2) is 30.3 Å². The number of rotatable bonds is 4. The highest BCUT2D eigenvalue weighted by Gasteiger charge is 1.90. The molecule has 0 atom stereocenters. The predicted octanol–water partition coefficient (Wildman–Crippen LogP) is 2.47. The minimum absolute atomic E-state index is 0.205. The minimum Gasteiger partial charge on any atom is -0.396 e. The molecule has 0 amide bonds. The first-order valence-electron chi connectivity index (χ1n) is 4.29. The van der Waals surface area contributed by atoms with Gasteiger partial charge in [0.15, 0.2) is 0 Å². The van der Waals surface area contributed by atoms with Gasteiger partial charge in [0.25, 0.3) is 0 Å². The summed E-state index contributed by atoms with van der Waals surface area (Å²) >= 11 is 5.51. The smallest absolute Gasteiger partial charge is 0.0471 e. The van der Waals surface area contributed by atoms with Crippen molar-refractivity contribution in [1.82, 2.24) is 0 Å². The molecule has 0 radical (unpaired) electrons. The van der Waals surface area contributed by atoms with E-state index in [-0.39, 0.29) is 6.61 Å². The third kappa shape index (κ3) is 3.62. The van der Waals surface area contributed by atoms with Gasteiger partial charge in [0, 0.05) is 12.5 Å². The van der Waals surface area contributed by atoms with Crippen LogP contribution in [-0.4, -0.2) is 17.6 Å². The Balaban J connectivity index is 2.64. The number of aliphatic hydroxyl groups excluding tert-OH is 1. The monoisotopic (exact) mass is 196 g/mol. The lowest BCUT2D eigenvalue weighted by molar-refractivity contribution is 0.299. The summed E-state index contributed by atoms with van der Waals surface area (Å²) in [5, 5.41) is 8.70. The molecule has 0 heterocycles. The van der Waals surface area contributed by atoms with Crippen LogP contribution in [0.1, 0.15) is 11.1 Å². The largest absolute Gasteiger partial charge is 0.396 e. The molecule has 0 spiro atoms. The summed E-state index contributed by atoms with van der Waals surface area (Å²) in [5.74, 6) is 0.540. The van der Waals surface area contributed by atoms with Gasteiger partial charge >= 0.3 is 0 Å². The van der Waals surface area contributed by atoms with Crippen molar-refractivity contribution in [3.8, 4) is 0 Å². The molecule has 0 aromatic heterocycles. The lowest BCUT2D eigenvalue weighted by Crippen LogP contribution is -1.89. The first-order chi connectivity index (χ1) is 6.36. The molecule has 0 saturated heterocycles. The van der Waals surface area contributed by atoms with E-state index < -0.39 is 0 Å². The van der Waals surface area contributed by atoms with Crippen molar-refractivity contribution in [2.75, 3.05) is 12.5 Å². The Morgan fingerprint density at radius 3 is 2.46 bits per heavy atom. The van der Waals surface area contributed by atoms with E-state index in [2.05, 4.69) is 0 Å². The molecule has 1 aromatic carbocycles. The van der Waals surface area contributed by atoms with E-state index in [0.717, 1.165) is 17.5 Å². The van der Waals surface area contributed by atoms with Gasteiger partial charge < -0.3 is 5.11 Å². The fourth-order valence-electron chi connectivity index (χ4n) is 1.11. The molecule has 2 heteroatoms. The lowest BCUT2D eigenvalue weighted by Gasteiger charge is -1.98. The minimum atomic E-state index is 0.205. The molecule has 0 bridgehead atoms. The molecular weight excluding hydrogens is 184 g/mol. The van der Waals surface area contributed by atoms with Gasteiger partial charge in [-0.25, -0.2) is 0 Å². The second kappa shape index (κ2) is 5.79. The standard InChI is InChI=1S/C11H13ClO/c12-8-1-2-10-3-5-11(6-4-10)7-9-13/h1-6,13H,7-9H2. The Labute approximate surface area is 83.7 Å². The highest BCUT2D eigenvalue weighted by Crippen LogP contribution is 2.06. The molecule has 13 heavy (non-hydrogen) atoms. The summed E-state index contributed by atoms with van der Waals surface area (Å²) in [7, 11) is 0. The molecule has 1 N–H and O–H groups in total. The highest BCUT2D eigenvalue weighted by molar-refractivity contribution is 6.19. The second-order valence-corrected chi connectivity index (χ2v) is 3.08. The van der Waals surface area contributed by atoms with Crippen LogP contribution >= 0.6 is 11.6 Å². The molecule has 0 unspecified atom stereocenters. The van der Waals surface area contributed by atoms with Gasteiger partial charge in [-0.2, -0.15) is 0 Å². The molecule has 0 aliphatic carbocycles. The van der Waals surface area contributed by atoms with Crippen molar-refractivity contribution in [1.29, 1.82) is 0 Å². The van der Waals surface area contributed by atoms with Crippen molar-refractivity contribution >= 4 is 17.7 Å². The van der Waals surface area contributed by atoms with Gasteiger partial charge in [-0.15, -0.1) is 11.6 Å². The number of halogens is 1. The Morgan fingerprint density at radius 2 is 1.92 bits per heavy atom. The van der Waals surface area contributed by atoms with Gasteiger partial charge in [-0.1, -0.05) is 36.4 Å². The number of allylic oxidation sites excluding steroid dienone is 1. The Bertz CT molecular complexity index is 264. The van der Waals surface area contributed by atoms with Crippen LogP contribution in [0.3, 0.4) is 0 Å². The number of aliphatic hydroxyl groups is 1. The Kier molecular flexibility index (Phi) is 4.58. The maximum atomic E-state index is 8.70. The lowest BCUT2D eigenvalue weighted by atomic mass is 10.1. The molecule has 0 fully saturated rings. The predicted molar refractivity (Wildman–Crippen MR) is 57.0 cm³/mol. The average Bonchev–Trinajstić information content (AvgIpc) is 2.17. The Hall–Kier alpha value is -0.790. The highest BCUT2D eigenvalue weighted by atomic mass is 35.5. The Morgan fingerprint density at radius 1 is 1.23 bits per heavy atom. The van der Waals surface area contributed by atoms with Gasteiger partial charge in [0.05, 0.1) is 0 Å². The fourth-order valence-corrected chi connectivity index (χ4v) is 1.19. The summed E-state index contributed by atoms with van der Waals surface area (Å²) in [5.41, 5.74) is 2.30. The van der Waals surface area contributed by atoms with Crippen LogP contribution in [0.25, 0.3) is 6.08 Å². The number of hydrogen-bond donors (Lipinski definition) is 1. The molecule has 1 rings (SSSR count). The first-order valence-corrected chi connectivity index (χ1v) is 4.82. The van der Waals surface area contributed by atoms with E-state index in [9.17, 15) is 0 Å². The van der Waals surface area contributed by atoms with E-state index in [1.54, 1.807) is 0 Å². The molecule has 1 nitrogen and oxygen atoms in total. The van der Waals surface area contributed by atoms with Crippen molar-refractivity contribution in [3.63, 3.8) is 0 Å². The fraction of sp³-hybridized carbons (Fsp3) is 0.273. The van der Waals surface area contributed by atoms with Crippen LogP contribution in [0.2, 0.25) is 0 Å². The number of benzene rings is 1. The van der Waals surface area contributed by atoms with E-state index in [0.29, 0.717) is 5.88 Å². The quantitative estimate of drug-likeness (QED) is 0.734. The second-order valence-electron chi connectivity index (χ2n) is 2.77. The topological polar surface area (TPSA) is 20.2 Å². The first kappa shape index (κ1) is 10.3.